The molecule has 0 fully saturated rings. The molecular weight excluding hydrogens is 335 g/mol. The Morgan fingerprint density at radius 3 is 2.52 bits per heavy atom. The highest BCUT2D eigenvalue weighted by Gasteiger charge is 2.35. The molecular formula is C14H13ClF3N3O2. The number of nitro groups is 1. The van der Waals surface area contributed by atoms with E-state index in [1.54, 1.807) is 13.8 Å². The normalized spacial score (nSPS) is 12.0. The van der Waals surface area contributed by atoms with E-state index in [1.807, 2.05) is 0 Å². The minimum absolute atomic E-state index is 0.0246. The highest BCUT2D eigenvalue weighted by atomic mass is 35.5. The maximum absolute atomic E-state index is 12.9. The summed E-state index contributed by atoms with van der Waals surface area (Å²) < 4.78 is 40.0. The van der Waals surface area contributed by atoms with E-state index in [1.165, 1.54) is 22.8 Å². The summed E-state index contributed by atoms with van der Waals surface area (Å²) >= 11 is 5.65. The molecule has 2 aromatic rings. The van der Waals surface area contributed by atoms with Crippen LogP contribution >= 0.6 is 11.6 Å². The molecule has 9 heteroatoms. The number of alkyl halides is 4. The SMILES string of the molecule is CC(C)n1cc(C(F)(F)F)nc1-c1ccc(CCl)c([N+](=O)[O-])c1. The molecule has 0 unspecified atom stereocenters. The average molecular weight is 348 g/mol. The predicted molar refractivity (Wildman–Crippen MR) is 79.3 cm³/mol. The third-order valence-corrected chi connectivity index (χ3v) is 3.55. The second kappa shape index (κ2) is 6.19. The zero-order valence-corrected chi connectivity index (χ0v) is 13.0. The Hall–Kier alpha value is -2.09. The third kappa shape index (κ3) is 3.47. The lowest BCUT2D eigenvalue weighted by molar-refractivity contribution is -0.385. The molecule has 0 aliphatic carbocycles. The molecule has 0 bridgehead atoms. The molecule has 23 heavy (non-hydrogen) atoms. The van der Waals surface area contributed by atoms with E-state index in [2.05, 4.69) is 4.98 Å². The van der Waals surface area contributed by atoms with Gasteiger partial charge < -0.3 is 4.57 Å². The molecule has 0 saturated heterocycles. The first kappa shape index (κ1) is 17.3. The van der Waals surface area contributed by atoms with Crippen molar-refractivity contribution in [1.29, 1.82) is 0 Å². The number of nitro benzene ring substituents is 1. The standard InChI is InChI=1S/C14H13ClF3N3O2/c1-8(2)20-7-12(14(16,17)18)19-13(20)9-3-4-10(6-15)11(5-9)21(22)23/h3-5,7-8H,6H2,1-2H3. The number of hydrogen-bond acceptors (Lipinski definition) is 3. The fourth-order valence-electron chi connectivity index (χ4n) is 2.12. The Bertz CT molecular complexity index is 741. The summed E-state index contributed by atoms with van der Waals surface area (Å²) in [7, 11) is 0. The highest BCUT2D eigenvalue weighted by molar-refractivity contribution is 6.17. The van der Waals surface area contributed by atoms with Gasteiger partial charge in [0.15, 0.2) is 5.69 Å². The van der Waals surface area contributed by atoms with Gasteiger partial charge in [-0.1, -0.05) is 12.1 Å². The van der Waals surface area contributed by atoms with E-state index < -0.39 is 16.8 Å². The Morgan fingerprint density at radius 2 is 2.04 bits per heavy atom. The topological polar surface area (TPSA) is 61.0 Å². The summed E-state index contributed by atoms with van der Waals surface area (Å²) in [5, 5.41) is 11.1. The van der Waals surface area contributed by atoms with Gasteiger partial charge in [-0.05, 0) is 13.8 Å². The van der Waals surface area contributed by atoms with Gasteiger partial charge in [0.25, 0.3) is 5.69 Å². The van der Waals surface area contributed by atoms with Crippen LogP contribution in [-0.2, 0) is 12.1 Å². The fraction of sp³-hybridized carbons (Fsp3) is 0.357. The van der Waals surface area contributed by atoms with Gasteiger partial charge in [0.05, 0.1) is 10.8 Å². The first-order valence-electron chi connectivity index (χ1n) is 6.65. The number of benzene rings is 1. The van der Waals surface area contributed by atoms with E-state index in [0.717, 1.165) is 6.20 Å². The first-order chi connectivity index (χ1) is 10.6. The maximum atomic E-state index is 12.9. The number of hydrogen-bond donors (Lipinski definition) is 0. The van der Waals surface area contributed by atoms with Crippen LogP contribution < -0.4 is 0 Å². The van der Waals surface area contributed by atoms with Gasteiger partial charge in [-0.15, -0.1) is 11.6 Å². The van der Waals surface area contributed by atoms with Crippen LogP contribution in [0.2, 0.25) is 0 Å². The van der Waals surface area contributed by atoms with Crippen molar-refractivity contribution in [1.82, 2.24) is 9.55 Å². The smallest absolute Gasteiger partial charge is 0.328 e. The predicted octanol–water partition coefficient (Wildman–Crippen LogP) is 4.80. The molecule has 0 spiro atoms. The van der Waals surface area contributed by atoms with Gasteiger partial charge in [0, 0.05) is 29.4 Å². The quantitative estimate of drug-likeness (QED) is 0.453. The van der Waals surface area contributed by atoms with Crippen LogP contribution in [0.5, 0.6) is 0 Å². The van der Waals surface area contributed by atoms with Crippen molar-refractivity contribution >= 4 is 17.3 Å². The van der Waals surface area contributed by atoms with Crippen molar-refractivity contribution in [3.05, 3.63) is 45.8 Å². The number of halogens is 4. The third-order valence-electron chi connectivity index (χ3n) is 3.26. The summed E-state index contributed by atoms with van der Waals surface area (Å²) in [5.74, 6) is -0.0419. The van der Waals surface area contributed by atoms with Crippen LogP contribution in [0.15, 0.2) is 24.4 Å². The van der Waals surface area contributed by atoms with Crippen LogP contribution in [-0.4, -0.2) is 14.5 Å². The lowest BCUT2D eigenvalue weighted by Crippen LogP contribution is -2.05. The number of aromatic nitrogens is 2. The molecule has 1 aromatic carbocycles. The molecule has 124 valence electrons. The number of imidazole rings is 1. The van der Waals surface area contributed by atoms with E-state index in [-0.39, 0.29) is 29.0 Å². The lowest BCUT2D eigenvalue weighted by atomic mass is 10.1. The average Bonchev–Trinajstić information content (AvgIpc) is 2.91. The van der Waals surface area contributed by atoms with Crippen LogP contribution in [0, 0.1) is 10.1 Å². The van der Waals surface area contributed by atoms with E-state index in [4.69, 9.17) is 11.6 Å². The lowest BCUT2D eigenvalue weighted by Gasteiger charge is -2.11. The molecule has 2 rings (SSSR count). The second-order valence-corrected chi connectivity index (χ2v) is 5.45. The molecule has 1 aromatic heterocycles. The summed E-state index contributed by atoms with van der Waals surface area (Å²) in [5.41, 5.74) is -0.761. The molecule has 5 nitrogen and oxygen atoms in total. The van der Waals surface area contributed by atoms with Crippen molar-refractivity contribution in [2.24, 2.45) is 0 Å². The van der Waals surface area contributed by atoms with Crippen LogP contribution in [0.1, 0.15) is 31.1 Å². The Labute approximate surface area is 134 Å². The van der Waals surface area contributed by atoms with Crippen molar-refractivity contribution in [3.63, 3.8) is 0 Å². The van der Waals surface area contributed by atoms with Gasteiger partial charge in [-0.2, -0.15) is 13.2 Å². The molecule has 0 N–H and O–H groups in total. The van der Waals surface area contributed by atoms with E-state index >= 15 is 0 Å². The largest absolute Gasteiger partial charge is 0.434 e. The zero-order valence-electron chi connectivity index (χ0n) is 12.3. The van der Waals surface area contributed by atoms with E-state index in [9.17, 15) is 23.3 Å². The van der Waals surface area contributed by atoms with Crippen LogP contribution in [0.3, 0.4) is 0 Å². The minimum Gasteiger partial charge on any atom is -0.328 e. The highest BCUT2D eigenvalue weighted by Crippen LogP contribution is 2.34. The fourth-order valence-corrected chi connectivity index (χ4v) is 2.35. The summed E-state index contributed by atoms with van der Waals surface area (Å²) in [6.45, 7) is 3.40. The van der Waals surface area contributed by atoms with Gasteiger partial charge in [0.2, 0.25) is 0 Å². The number of rotatable bonds is 4. The van der Waals surface area contributed by atoms with Crippen molar-refractivity contribution in [3.8, 4) is 11.4 Å². The van der Waals surface area contributed by atoms with Crippen molar-refractivity contribution in [2.45, 2.75) is 31.9 Å². The van der Waals surface area contributed by atoms with Crippen molar-refractivity contribution in [2.75, 3.05) is 0 Å². The van der Waals surface area contributed by atoms with Gasteiger partial charge >= 0.3 is 6.18 Å². The Kier molecular flexibility index (Phi) is 4.65. The monoisotopic (exact) mass is 347 g/mol. The van der Waals surface area contributed by atoms with E-state index in [0.29, 0.717) is 5.56 Å². The summed E-state index contributed by atoms with van der Waals surface area (Å²) in [6, 6.07) is 3.80. The Morgan fingerprint density at radius 1 is 1.39 bits per heavy atom. The Balaban J connectivity index is 2.64. The second-order valence-electron chi connectivity index (χ2n) is 5.18. The van der Waals surface area contributed by atoms with Crippen LogP contribution in [0.4, 0.5) is 18.9 Å². The zero-order chi connectivity index (χ0) is 17.4. The minimum atomic E-state index is -4.59. The molecule has 0 atom stereocenters. The molecule has 0 amide bonds. The van der Waals surface area contributed by atoms with Gasteiger partial charge in [-0.25, -0.2) is 4.98 Å². The molecule has 1 heterocycles. The molecule has 0 radical (unpaired) electrons. The summed E-state index contributed by atoms with van der Waals surface area (Å²) in [4.78, 5) is 14.1. The molecule has 0 aliphatic heterocycles. The van der Waals surface area contributed by atoms with Crippen molar-refractivity contribution < 1.29 is 18.1 Å². The van der Waals surface area contributed by atoms with Gasteiger partial charge in [-0.3, -0.25) is 10.1 Å². The van der Waals surface area contributed by atoms with Gasteiger partial charge in [0.1, 0.15) is 5.82 Å². The summed E-state index contributed by atoms with van der Waals surface area (Å²) in [6.07, 6.45) is -3.68. The first-order valence-corrected chi connectivity index (χ1v) is 7.18. The molecule has 0 saturated carbocycles. The van der Waals surface area contributed by atoms with Crippen LogP contribution in [0.25, 0.3) is 11.4 Å². The molecule has 0 aliphatic rings. The maximum Gasteiger partial charge on any atom is 0.434 e. The number of nitrogens with zero attached hydrogens (tertiary/aromatic N) is 3.